The summed E-state index contributed by atoms with van der Waals surface area (Å²) >= 11 is 1.53. The van der Waals surface area contributed by atoms with Gasteiger partial charge in [-0.05, 0) is 45.7 Å². The average molecular weight is 511 g/mol. The van der Waals surface area contributed by atoms with Crippen molar-refractivity contribution < 1.29 is 14.3 Å². The fourth-order valence-corrected chi connectivity index (χ4v) is 4.39. The highest BCUT2D eigenvalue weighted by molar-refractivity contribution is 8.14. The van der Waals surface area contributed by atoms with Crippen LogP contribution in [0.2, 0.25) is 0 Å². The molecule has 1 aliphatic rings. The summed E-state index contributed by atoms with van der Waals surface area (Å²) in [6, 6.07) is 7.21. The highest BCUT2D eigenvalue weighted by Gasteiger charge is 2.19. The molecular weight excluding hydrogens is 480 g/mol. The number of amides is 2. The van der Waals surface area contributed by atoms with Gasteiger partial charge in [-0.25, -0.2) is 19.4 Å². The molecule has 36 heavy (non-hydrogen) atoms. The topological polar surface area (TPSA) is 149 Å². The summed E-state index contributed by atoms with van der Waals surface area (Å²) in [5.74, 6) is 0.963. The molecule has 0 aliphatic carbocycles. The molecule has 0 radical (unpaired) electrons. The number of carbonyl (C=O) groups excluding carboxylic acids is 2. The molecule has 1 aliphatic heterocycles. The second-order valence-corrected chi connectivity index (χ2v) is 10.3. The van der Waals surface area contributed by atoms with Gasteiger partial charge in [-0.2, -0.15) is 5.10 Å². The largest absolute Gasteiger partial charge is 0.444 e. The number of ether oxygens (including phenoxy) is 1. The molecule has 0 unspecified atom stereocenters. The first kappa shape index (κ1) is 25.4. The lowest BCUT2D eigenvalue weighted by Gasteiger charge is -2.19. The Bertz CT molecular complexity index is 1300. The second-order valence-electron chi connectivity index (χ2n) is 9.24. The number of nitrogens with one attached hydrogen (secondary N) is 2. The number of thioether (sulfide) groups is 1. The van der Waals surface area contributed by atoms with Crippen LogP contribution >= 0.6 is 11.8 Å². The molecule has 0 atom stereocenters. The van der Waals surface area contributed by atoms with Crippen molar-refractivity contribution in [2.75, 3.05) is 24.6 Å². The maximum atomic E-state index is 12.7. The van der Waals surface area contributed by atoms with E-state index >= 15 is 0 Å². The number of unbranched alkanes of at least 4 members (excludes halogenated alkanes) is 1. The Kier molecular flexibility index (Phi) is 7.73. The number of nitrogen functional groups attached to an aromatic ring is 1. The summed E-state index contributed by atoms with van der Waals surface area (Å²) in [4.78, 5) is 37.4. The van der Waals surface area contributed by atoms with Gasteiger partial charge < -0.3 is 21.1 Å². The maximum Gasteiger partial charge on any atom is 0.407 e. The Morgan fingerprint density at radius 3 is 2.81 bits per heavy atom. The van der Waals surface area contributed by atoms with Crippen molar-refractivity contribution in [3.8, 4) is 11.3 Å². The van der Waals surface area contributed by atoms with Crippen LogP contribution in [0.25, 0.3) is 22.3 Å². The molecule has 11 nitrogen and oxygen atoms in total. The fraction of sp³-hybridized carbons (Fsp3) is 0.417. The first-order valence-corrected chi connectivity index (χ1v) is 12.7. The molecule has 0 saturated carbocycles. The van der Waals surface area contributed by atoms with Crippen LogP contribution in [0.4, 0.5) is 10.6 Å². The molecular formula is C24H30N8O3S. The Labute approximate surface area is 213 Å². The molecule has 2 aromatic heterocycles. The number of alkyl carbamates (subject to hydrolysis) is 1. The zero-order valence-corrected chi connectivity index (χ0v) is 21.4. The summed E-state index contributed by atoms with van der Waals surface area (Å²) in [6.07, 6.45) is 2.46. The molecule has 0 saturated heterocycles. The van der Waals surface area contributed by atoms with Gasteiger partial charge in [0.05, 0.1) is 11.9 Å². The highest BCUT2D eigenvalue weighted by atomic mass is 32.2. The number of aryl methyl sites for hydroxylation is 1. The first-order chi connectivity index (χ1) is 17.2. The highest BCUT2D eigenvalue weighted by Crippen LogP contribution is 2.30. The third-order valence-corrected chi connectivity index (χ3v) is 6.12. The number of carbonyl (C=O) groups is 2. The second kappa shape index (κ2) is 10.9. The van der Waals surface area contributed by atoms with Crippen LogP contribution in [0.3, 0.4) is 0 Å². The van der Waals surface area contributed by atoms with Crippen molar-refractivity contribution in [3.05, 3.63) is 36.2 Å². The minimum Gasteiger partial charge on any atom is -0.444 e. The van der Waals surface area contributed by atoms with Crippen LogP contribution in [0.1, 0.15) is 44.0 Å². The number of nitrogens with two attached hydrogens (primary N) is 1. The number of anilines is 1. The van der Waals surface area contributed by atoms with Gasteiger partial charge in [0.25, 0.3) is 5.91 Å². The van der Waals surface area contributed by atoms with Gasteiger partial charge in [0.2, 0.25) is 0 Å². The van der Waals surface area contributed by atoms with Crippen LogP contribution in [0, 0.1) is 0 Å². The van der Waals surface area contributed by atoms with Gasteiger partial charge in [-0.3, -0.25) is 9.79 Å². The number of benzene rings is 1. The quantitative estimate of drug-likeness (QED) is 0.410. The molecule has 3 aromatic rings. The Morgan fingerprint density at radius 2 is 2.06 bits per heavy atom. The van der Waals surface area contributed by atoms with E-state index in [0.717, 1.165) is 24.2 Å². The van der Waals surface area contributed by atoms with Gasteiger partial charge in [-0.15, -0.1) is 0 Å². The summed E-state index contributed by atoms with van der Waals surface area (Å²) < 4.78 is 7.04. The number of nitrogens with zero attached hydrogens (tertiary/aromatic N) is 5. The predicted molar refractivity (Wildman–Crippen MR) is 141 cm³/mol. The lowest BCUT2D eigenvalue weighted by Crippen LogP contribution is -2.33. The van der Waals surface area contributed by atoms with E-state index in [1.54, 1.807) is 22.9 Å². The van der Waals surface area contributed by atoms with E-state index in [2.05, 4.69) is 25.6 Å². The van der Waals surface area contributed by atoms with Gasteiger partial charge in [0.15, 0.2) is 10.8 Å². The minimum atomic E-state index is -0.532. The van der Waals surface area contributed by atoms with Crippen LogP contribution in [0.15, 0.2) is 35.6 Å². The van der Waals surface area contributed by atoms with Crippen molar-refractivity contribution in [2.45, 2.75) is 45.8 Å². The Balaban J connectivity index is 1.48. The summed E-state index contributed by atoms with van der Waals surface area (Å²) in [7, 11) is 0. The van der Waals surface area contributed by atoms with Gasteiger partial charge >= 0.3 is 6.09 Å². The Morgan fingerprint density at radius 1 is 1.22 bits per heavy atom. The van der Waals surface area contributed by atoms with E-state index in [-0.39, 0.29) is 5.91 Å². The number of aromatic nitrogens is 4. The molecule has 2 amide bonds. The standard InChI is InChI=1S/C24H30N8O3S/c1-24(2,3)35-23(34)27-9-4-5-11-32-20-17(19(25)28-14-29-20)18(31-32)15-7-6-8-16(13-15)21(33)30-22-26-10-12-36-22/h6-8,13-14H,4-5,9-12H2,1-3H3,(H,27,34)(H2,25,28,29)(H,26,30,33). The van der Waals surface area contributed by atoms with Crippen molar-refractivity contribution in [3.63, 3.8) is 0 Å². The normalized spacial score (nSPS) is 13.5. The molecule has 1 aromatic carbocycles. The van der Waals surface area contributed by atoms with Crippen molar-refractivity contribution in [2.24, 2.45) is 4.99 Å². The fourth-order valence-electron chi connectivity index (χ4n) is 3.67. The molecule has 0 spiro atoms. The molecule has 190 valence electrons. The molecule has 3 heterocycles. The molecule has 4 N–H and O–H groups in total. The van der Waals surface area contributed by atoms with E-state index in [4.69, 9.17) is 15.6 Å². The molecule has 0 bridgehead atoms. The maximum absolute atomic E-state index is 12.7. The predicted octanol–water partition coefficient (Wildman–Crippen LogP) is 3.21. The number of rotatable bonds is 7. The van der Waals surface area contributed by atoms with Crippen LogP contribution in [-0.2, 0) is 11.3 Å². The SMILES string of the molecule is CC(C)(C)OC(=O)NCCCCn1nc(-c2cccc(C(=O)NC3=NCCS3)c2)c2c(N)ncnc21. The van der Waals surface area contributed by atoms with Crippen molar-refractivity contribution in [1.29, 1.82) is 0 Å². The molecule has 0 fully saturated rings. The number of aliphatic imine (C=N–C) groups is 1. The van der Waals surface area contributed by atoms with Crippen molar-refractivity contribution >= 4 is 45.8 Å². The third kappa shape index (κ3) is 6.30. The van der Waals surface area contributed by atoms with Crippen LogP contribution in [-0.4, -0.2) is 61.4 Å². The lowest BCUT2D eigenvalue weighted by atomic mass is 10.1. The summed E-state index contributed by atoms with van der Waals surface area (Å²) in [5, 5.41) is 11.7. The van der Waals surface area contributed by atoms with E-state index < -0.39 is 11.7 Å². The van der Waals surface area contributed by atoms with E-state index in [9.17, 15) is 9.59 Å². The number of amidine groups is 1. The minimum absolute atomic E-state index is 0.226. The van der Waals surface area contributed by atoms with Crippen LogP contribution in [0.5, 0.6) is 0 Å². The first-order valence-electron chi connectivity index (χ1n) is 11.7. The average Bonchev–Trinajstić information content (AvgIpc) is 3.46. The zero-order chi connectivity index (χ0) is 25.7. The number of hydrogen-bond donors (Lipinski definition) is 3. The van der Waals surface area contributed by atoms with E-state index in [1.165, 1.54) is 18.1 Å². The summed E-state index contributed by atoms with van der Waals surface area (Å²) in [5.41, 5.74) is 8.13. The van der Waals surface area contributed by atoms with Gasteiger partial charge in [0, 0.05) is 30.0 Å². The lowest BCUT2D eigenvalue weighted by molar-refractivity contribution is 0.0526. The zero-order valence-electron chi connectivity index (χ0n) is 20.6. The Hall–Kier alpha value is -3.67. The van der Waals surface area contributed by atoms with E-state index in [0.29, 0.717) is 52.9 Å². The van der Waals surface area contributed by atoms with E-state index in [1.807, 2.05) is 26.8 Å². The molecule has 4 rings (SSSR count). The number of hydrogen-bond acceptors (Lipinski definition) is 9. The third-order valence-electron chi connectivity index (χ3n) is 5.23. The number of fused-ring (bicyclic) bond motifs is 1. The van der Waals surface area contributed by atoms with Gasteiger partial charge in [-0.1, -0.05) is 23.9 Å². The van der Waals surface area contributed by atoms with Crippen LogP contribution < -0.4 is 16.4 Å². The monoisotopic (exact) mass is 510 g/mol. The van der Waals surface area contributed by atoms with Gasteiger partial charge in [0.1, 0.15) is 23.4 Å². The molecule has 12 heteroatoms. The van der Waals surface area contributed by atoms with Crippen molar-refractivity contribution in [1.82, 2.24) is 30.4 Å². The smallest absolute Gasteiger partial charge is 0.407 e. The summed E-state index contributed by atoms with van der Waals surface area (Å²) in [6.45, 7) is 7.24.